The van der Waals surface area contributed by atoms with E-state index in [1.165, 1.54) is 0 Å². The maximum Gasteiger partial charge on any atom is 0.410 e. The maximum atomic E-state index is 12.7. The van der Waals surface area contributed by atoms with Crippen molar-refractivity contribution in [2.45, 2.75) is 72.4 Å². The van der Waals surface area contributed by atoms with Gasteiger partial charge in [0, 0.05) is 44.2 Å². The first-order chi connectivity index (χ1) is 15.0. The van der Waals surface area contributed by atoms with E-state index < -0.39 is 5.60 Å². The zero-order valence-electron chi connectivity index (χ0n) is 20.4. The number of piperidine rings is 1. The number of carbonyl (C=O) groups is 3. The first kappa shape index (κ1) is 25.7. The van der Waals surface area contributed by atoms with E-state index in [0.29, 0.717) is 25.2 Å². The van der Waals surface area contributed by atoms with E-state index in [-0.39, 0.29) is 36.3 Å². The van der Waals surface area contributed by atoms with Crippen LogP contribution in [0.3, 0.4) is 0 Å². The fraction of sp³-hybridized carbons (Fsp3) is 0.640. The van der Waals surface area contributed by atoms with Crippen LogP contribution < -0.4 is 5.32 Å². The van der Waals surface area contributed by atoms with Crippen LogP contribution >= 0.6 is 0 Å². The van der Waals surface area contributed by atoms with E-state index in [4.69, 9.17) is 4.74 Å². The predicted molar refractivity (Wildman–Crippen MR) is 126 cm³/mol. The molecule has 1 N–H and O–H groups in total. The Morgan fingerprint density at radius 3 is 2.53 bits per heavy atom. The molecule has 7 nitrogen and oxygen atoms in total. The van der Waals surface area contributed by atoms with Gasteiger partial charge in [0.25, 0.3) is 5.91 Å². The van der Waals surface area contributed by atoms with E-state index in [9.17, 15) is 14.4 Å². The topological polar surface area (TPSA) is 79.0 Å². The van der Waals surface area contributed by atoms with Crippen LogP contribution in [0.4, 0.5) is 4.79 Å². The van der Waals surface area contributed by atoms with Gasteiger partial charge in [0.15, 0.2) is 0 Å². The summed E-state index contributed by atoms with van der Waals surface area (Å²) in [6.45, 7) is 13.7. The minimum Gasteiger partial charge on any atom is -0.444 e. The smallest absolute Gasteiger partial charge is 0.410 e. The van der Waals surface area contributed by atoms with E-state index >= 15 is 0 Å². The summed E-state index contributed by atoms with van der Waals surface area (Å²) < 4.78 is 5.56. The average molecular weight is 446 g/mol. The van der Waals surface area contributed by atoms with Crippen LogP contribution in [0.1, 0.15) is 69.8 Å². The fourth-order valence-corrected chi connectivity index (χ4v) is 3.90. The highest BCUT2D eigenvalue weighted by molar-refractivity contribution is 5.95. The second-order valence-corrected chi connectivity index (χ2v) is 9.90. The number of nitrogens with one attached hydrogen (secondary N) is 1. The summed E-state index contributed by atoms with van der Waals surface area (Å²) in [5.74, 6) is 0.0923. The normalized spacial score (nSPS) is 16.6. The van der Waals surface area contributed by atoms with Crippen molar-refractivity contribution in [1.82, 2.24) is 15.1 Å². The van der Waals surface area contributed by atoms with Crippen molar-refractivity contribution < 1.29 is 19.1 Å². The molecule has 1 aromatic rings. The molecule has 2 rings (SSSR count). The number of likely N-dealkylation sites (tertiary alicyclic amines) is 1. The zero-order chi connectivity index (χ0) is 23.9. The van der Waals surface area contributed by atoms with Gasteiger partial charge < -0.3 is 19.9 Å². The van der Waals surface area contributed by atoms with Crippen molar-refractivity contribution in [1.29, 1.82) is 0 Å². The molecular formula is C25H39N3O4. The van der Waals surface area contributed by atoms with Crippen molar-refractivity contribution in [3.63, 3.8) is 0 Å². The lowest BCUT2D eigenvalue weighted by Crippen LogP contribution is -2.48. The molecule has 1 aliphatic rings. The van der Waals surface area contributed by atoms with Crippen molar-refractivity contribution >= 4 is 17.9 Å². The molecule has 0 aromatic heterocycles. The highest BCUT2D eigenvalue weighted by atomic mass is 16.6. The van der Waals surface area contributed by atoms with Gasteiger partial charge in [0.2, 0.25) is 5.91 Å². The van der Waals surface area contributed by atoms with Crippen LogP contribution in [0.15, 0.2) is 24.3 Å². The molecule has 1 heterocycles. The van der Waals surface area contributed by atoms with Gasteiger partial charge in [-0.05, 0) is 71.9 Å². The van der Waals surface area contributed by atoms with Crippen molar-refractivity contribution in [2.24, 2.45) is 5.92 Å². The fourth-order valence-electron chi connectivity index (χ4n) is 3.90. The van der Waals surface area contributed by atoms with Crippen LogP contribution in [-0.2, 0) is 9.53 Å². The molecule has 0 spiro atoms. The molecule has 1 fully saturated rings. The molecule has 1 aliphatic heterocycles. The quantitative estimate of drug-likeness (QED) is 0.688. The summed E-state index contributed by atoms with van der Waals surface area (Å²) in [5, 5.41) is 2.85. The van der Waals surface area contributed by atoms with Crippen LogP contribution in [0.25, 0.3) is 0 Å². The largest absolute Gasteiger partial charge is 0.444 e. The molecule has 1 saturated heterocycles. The van der Waals surface area contributed by atoms with Crippen molar-refractivity contribution in [3.8, 4) is 0 Å². The monoisotopic (exact) mass is 445 g/mol. The number of ether oxygens (including phenoxy) is 1. The number of rotatable bonds is 7. The molecule has 0 radical (unpaired) electrons. The molecule has 0 saturated carbocycles. The summed E-state index contributed by atoms with van der Waals surface area (Å²) in [5.41, 5.74) is 1.01. The summed E-state index contributed by atoms with van der Waals surface area (Å²) in [4.78, 5) is 41.3. The molecular weight excluding hydrogens is 406 g/mol. The SMILES string of the molecule is Cc1ccccc1C(=O)NCCC(=O)N1CCCC(CN(C(=O)OC(C)(C)C)C(C)C)C1. The summed E-state index contributed by atoms with van der Waals surface area (Å²) in [6.07, 6.45) is 1.84. The molecule has 1 atom stereocenters. The summed E-state index contributed by atoms with van der Waals surface area (Å²) in [7, 11) is 0. The Kier molecular flexibility index (Phi) is 9.10. The number of aryl methyl sites for hydroxylation is 1. The van der Waals surface area contributed by atoms with Gasteiger partial charge in [-0.3, -0.25) is 9.59 Å². The Labute approximate surface area is 192 Å². The van der Waals surface area contributed by atoms with E-state index in [1.807, 2.05) is 64.6 Å². The number of carbonyl (C=O) groups excluding carboxylic acids is 3. The molecule has 178 valence electrons. The number of amides is 3. The molecule has 1 unspecified atom stereocenters. The second kappa shape index (κ2) is 11.3. The van der Waals surface area contributed by atoms with Crippen LogP contribution in [0.5, 0.6) is 0 Å². The molecule has 0 bridgehead atoms. The van der Waals surface area contributed by atoms with Crippen LogP contribution in [-0.4, -0.2) is 65.5 Å². The first-order valence-electron chi connectivity index (χ1n) is 11.6. The molecule has 1 aromatic carbocycles. The van der Waals surface area contributed by atoms with E-state index in [0.717, 1.165) is 24.9 Å². The summed E-state index contributed by atoms with van der Waals surface area (Å²) in [6, 6.07) is 7.43. The van der Waals surface area contributed by atoms with E-state index in [2.05, 4.69) is 5.32 Å². The van der Waals surface area contributed by atoms with Gasteiger partial charge in [-0.2, -0.15) is 0 Å². The second-order valence-electron chi connectivity index (χ2n) is 9.90. The molecule has 0 aliphatic carbocycles. The number of hydrogen-bond acceptors (Lipinski definition) is 4. The van der Waals surface area contributed by atoms with Gasteiger partial charge in [-0.1, -0.05) is 18.2 Å². The zero-order valence-corrected chi connectivity index (χ0v) is 20.4. The highest BCUT2D eigenvalue weighted by Crippen LogP contribution is 2.21. The first-order valence-corrected chi connectivity index (χ1v) is 11.6. The third-order valence-corrected chi connectivity index (χ3v) is 5.59. The summed E-state index contributed by atoms with van der Waals surface area (Å²) >= 11 is 0. The molecule has 3 amide bonds. The van der Waals surface area contributed by atoms with E-state index in [1.54, 1.807) is 11.0 Å². The van der Waals surface area contributed by atoms with Gasteiger partial charge in [0.1, 0.15) is 5.60 Å². The average Bonchev–Trinajstić information content (AvgIpc) is 2.70. The van der Waals surface area contributed by atoms with Crippen molar-refractivity contribution in [3.05, 3.63) is 35.4 Å². The maximum absolute atomic E-state index is 12.7. The Hall–Kier alpha value is -2.57. The standard InChI is InChI=1S/C25H39N3O4/c1-18(2)28(24(31)32-25(4,5)6)17-20-11-9-15-27(16-20)22(29)13-14-26-23(30)21-12-8-7-10-19(21)3/h7-8,10,12,18,20H,9,11,13-17H2,1-6H3,(H,26,30). The van der Waals surface area contributed by atoms with Gasteiger partial charge in [-0.15, -0.1) is 0 Å². The van der Waals surface area contributed by atoms with Crippen molar-refractivity contribution in [2.75, 3.05) is 26.2 Å². The van der Waals surface area contributed by atoms with Gasteiger partial charge in [0.05, 0.1) is 0 Å². The Morgan fingerprint density at radius 2 is 1.91 bits per heavy atom. The molecule has 7 heteroatoms. The minimum atomic E-state index is -0.540. The third kappa shape index (κ3) is 7.84. The number of nitrogens with zero attached hydrogens (tertiary/aromatic N) is 2. The Morgan fingerprint density at radius 1 is 1.22 bits per heavy atom. The third-order valence-electron chi connectivity index (χ3n) is 5.59. The number of hydrogen-bond donors (Lipinski definition) is 1. The lowest BCUT2D eigenvalue weighted by atomic mass is 9.96. The lowest BCUT2D eigenvalue weighted by molar-refractivity contribution is -0.133. The van der Waals surface area contributed by atoms with Gasteiger partial charge in [-0.25, -0.2) is 4.79 Å². The number of benzene rings is 1. The lowest BCUT2D eigenvalue weighted by Gasteiger charge is -2.37. The molecule has 32 heavy (non-hydrogen) atoms. The van der Waals surface area contributed by atoms with Gasteiger partial charge >= 0.3 is 6.09 Å². The Bertz CT molecular complexity index is 801. The Balaban J connectivity index is 1.85. The highest BCUT2D eigenvalue weighted by Gasteiger charge is 2.30. The van der Waals surface area contributed by atoms with Crippen LogP contribution in [0, 0.1) is 12.8 Å². The van der Waals surface area contributed by atoms with Crippen LogP contribution in [0.2, 0.25) is 0 Å². The minimum absolute atomic E-state index is 0.0209. The predicted octanol–water partition coefficient (Wildman–Crippen LogP) is 4.00.